The molecule has 4 nitrogen and oxygen atoms in total. The Morgan fingerprint density at radius 3 is 2.25 bits per heavy atom. The molecule has 0 radical (unpaired) electrons. The standard InChI is InChI=1S/C18H17Br2NO3/c1-4-24-17-15(19)8-12(9-16(17)20)18(23)21-13-5-6-14(11(3)22)10(2)7-13/h5-9H,4H2,1-3H3,(H,21,23). The van der Waals surface area contributed by atoms with Crippen LogP contribution in [-0.4, -0.2) is 18.3 Å². The lowest BCUT2D eigenvalue weighted by Crippen LogP contribution is -2.13. The average Bonchev–Trinajstić information content (AvgIpc) is 2.50. The zero-order chi connectivity index (χ0) is 17.9. The third-order valence-electron chi connectivity index (χ3n) is 3.41. The molecule has 0 aromatic heterocycles. The lowest BCUT2D eigenvalue weighted by atomic mass is 10.0. The van der Waals surface area contributed by atoms with Crippen molar-refractivity contribution in [1.82, 2.24) is 0 Å². The van der Waals surface area contributed by atoms with Gasteiger partial charge in [-0.25, -0.2) is 0 Å². The van der Waals surface area contributed by atoms with Crippen molar-refractivity contribution in [3.05, 3.63) is 56.0 Å². The molecule has 6 heteroatoms. The van der Waals surface area contributed by atoms with Crippen LogP contribution in [0.25, 0.3) is 0 Å². The summed E-state index contributed by atoms with van der Waals surface area (Å²) in [6.45, 7) is 5.79. The molecular weight excluding hydrogens is 438 g/mol. The summed E-state index contributed by atoms with van der Waals surface area (Å²) >= 11 is 6.83. The Bertz CT molecular complexity index is 780. The number of amides is 1. The Morgan fingerprint density at radius 2 is 1.75 bits per heavy atom. The van der Waals surface area contributed by atoms with E-state index in [4.69, 9.17) is 4.74 Å². The summed E-state index contributed by atoms with van der Waals surface area (Å²) in [6, 6.07) is 8.65. The Kier molecular flexibility index (Phi) is 6.18. The minimum absolute atomic E-state index is 0.00440. The molecule has 0 aliphatic heterocycles. The molecule has 1 amide bonds. The van der Waals surface area contributed by atoms with Crippen LogP contribution in [0, 0.1) is 6.92 Å². The van der Waals surface area contributed by atoms with Gasteiger partial charge in [-0.2, -0.15) is 0 Å². The molecule has 126 valence electrons. The van der Waals surface area contributed by atoms with E-state index in [9.17, 15) is 9.59 Å². The third kappa shape index (κ3) is 4.24. The van der Waals surface area contributed by atoms with E-state index in [2.05, 4.69) is 37.2 Å². The predicted octanol–water partition coefficient (Wildman–Crippen LogP) is 5.37. The number of hydrogen-bond acceptors (Lipinski definition) is 3. The fourth-order valence-electron chi connectivity index (χ4n) is 2.31. The van der Waals surface area contributed by atoms with E-state index < -0.39 is 0 Å². The van der Waals surface area contributed by atoms with Crippen LogP contribution in [0.2, 0.25) is 0 Å². The largest absolute Gasteiger partial charge is 0.492 e. The first kappa shape index (κ1) is 18.7. The first-order valence-electron chi connectivity index (χ1n) is 7.38. The number of carbonyl (C=O) groups is 2. The topological polar surface area (TPSA) is 55.4 Å². The Balaban J connectivity index is 2.24. The second kappa shape index (κ2) is 7.94. The number of anilines is 1. The maximum absolute atomic E-state index is 12.5. The quantitative estimate of drug-likeness (QED) is 0.617. The van der Waals surface area contributed by atoms with Crippen molar-refractivity contribution in [3.63, 3.8) is 0 Å². The Labute approximate surface area is 157 Å². The summed E-state index contributed by atoms with van der Waals surface area (Å²) in [7, 11) is 0. The van der Waals surface area contributed by atoms with Gasteiger partial charge in [0.25, 0.3) is 5.91 Å². The number of ketones is 1. The first-order valence-corrected chi connectivity index (χ1v) is 8.96. The number of halogens is 2. The Morgan fingerprint density at radius 1 is 1.12 bits per heavy atom. The van der Waals surface area contributed by atoms with E-state index in [0.29, 0.717) is 38.1 Å². The average molecular weight is 455 g/mol. The number of aryl methyl sites for hydroxylation is 1. The van der Waals surface area contributed by atoms with Gasteiger partial charge in [-0.1, -0.05) is 0 Å². The molecule has 0 heterocycles. The van der Waals surface area contributed by atoms with Gasteiger partial charge in [0.1, 0.15) is 5.75 Å². The van der Waals surface area contributed by atoms with Crippen LogP contribution in [0.3, 0.4) is 0 Å². The number of nitrogens with one attached hydrogen (secondary N) is 1. The number of hydrogen-bond donors (Lipinski definition) is 1. The zero-order valence-corrected chi connectivity index (χ0v) is 16.7. The highest BCUT2D eigenvalue weighted by Crippen LogP contribution is 2.35. The van der Waals surface area contributed by atoms with Gasteiger partial charge >= 0.3 is 0 Å². The molecule has 0 fully saturated rings. The van der Waals surface area contributed by atoms with Gasteiger partial charge in [-0.15, -0.1) is 0 Å². The number of rotatable bonds is 5. The summed E-state index contributed by atoms with van der Waals surface area (Å²) in [4.78, 5) is 23.9. The van der Waals surface area contributed by atoms with Crippen molar-refractivity contribution in [3.8, 4) is 5.75 Å². The SMILES string of the molecule is CCOc1c(Br)cc(C(=O)Nc2ccc(C(C)=O)c(C)c2)cc1Br. The van der Waals surface area contributed by atoms with E-state index in [-0.39, 0.29) is 11.7 Å². The fourth-order valence-corrected chi connectivity index (χ4v) is 3.73. The first-order chi connectivity index (χ1) is 11.3. The number of carbonyl (C=O) groups excluding carboxylic acids is 2. The van der Waals surface area contributed by atoms with Crippen molar-refractivity contribution < 1.29 is 14.3 Å². The van der Waals surface area contributed by atoms with Crippen molar-refractivity contribution in [2.45, 2.75) is 20.8 Å². The fraction of sp³-hybridized carbons (Fsp3) is 0.222. The number of Topliss-reactive ketones (excluding diaryl/α,β-unsaturated/α-hetero) is 1. The highest BCUT2D eigenvalue weighted by atomic mass is 79.9. The number of benzene rings is 2. The van der Waals surface area contributed by atoms with Crippen LogP contribution in [-0.2, 0) is 0 Å². The second-order valence-electron chi connectivity index (χ2n) is 5.24. The summed E-state index contributed by atoms with van der Waals surface area (Å²) in [5.41, 5.74) is 2.61. The normalized spacial score (nSPS) is 10.4. The monoisotopic (exact) mass is 453 g/mol. The molecule has 0 bridgehead atoms. The summed E-state index contributed by atoms with van der Waals surface area (Å²) in [6.07, 6.45) is 0. The molecule has 2 aromatic carbocycles. The van der Waals surface area contributed by atoms with Crippen LogP contribution < -0.4 is 10.1 Å². The van der Waals surface area contributed by atoms with Crippen LogP contribution >= 0.6 is 31.9 Å². The van der Waals surface area contributed by atoms with E-state index in [0.717, 1.165) is 5.56 Å². The van der Waals surface area contributed by atoms with Crippen LogP contribution in [0.15, 0.2) is 39.3 Å². The maximum Gasteiger partial charge on any atom is 0.255 e. The molecule has 0 aliphatic rings. The second-order valence-corrected chi connectivity index (χ2v) is 6.95. The molecule has 0 spiro atoms. The minimum atomic E-state index is -0.241. The summed E-state index contributed by atoms with van der Waals surface area (Å²) < 4.78 is 6.92. The van der Waals surface area contributed by atoms with Crippen LogP contribution in [0.1, 0.15) is 40.1 Å². The molecule has 2 rings (SSSR count). The van der Waals surface area contributed by atoms with E-state index in [1.54, 1.807) is 30.3 Å². The predicted molar refractivity (Wildman–Crippen MR) is 102 cm³/mol. The molecule has 0 aliphatic carbocycles. The molecule has 0 saturated heterocycles. The van der Waals surface area contributed by atoms with Crippen LogP contribution in [0.5, 0.6) is 5.75 Å². The smallest absolute Gasteiger partial charge is 0.255 e. The number of ether oxygens (including phenoxy) is 1. The van der Waals surface area contributed by atoms with Gasteiger partial charge in [0.2, 0.25) is 0 Å². The summed E-state index contributed by atoms with van der Waals surface area (Å²) in [5, 5.41) is 2.84. The molecule has 2 aromatic rings. The molecule has 0 saturated carbocycles. The van der Waals surface area contributed by atoms with Crippen molar-refractivity contribution in [2.75, 3.05) is 11.9 Å². The Hall–Kier alpha value is -1.66. The van der Waals surface area contributed by atoms with E-state index in [1.165, 1.54) is 6.92 Å². The summed E-state index contributed by atoms with van der Waals surface area (Å²) in [5.74, 6) is 0.426. The van der Waals surface area contributed by atoms with Gasteiger partial charge in [0.15, 0.2) is 5.78 Å². The molecule has 1 N–H and O–H groups in total. The van der Waals surface area contributed by atoms with Crippen molar-refractivity contribution in [1.29, 1.82) is 0 Å². The molecule has 24 heavy (non-hydrogen) atoms. The van der Waals surface area contributed by atoms with Gasteiger partial charge in [0, 0.05) is 16.8 Å². The van der Waals surface area contributed by atoms with Gasteiger partial charge in [-0.05, 0) is 88.5 Å². The molecule has 0 atom stereocenters. The minimum Gasteiger partial charge on any atom is -0.492 e. The molecule has 0 unspecified atom stereocenters. The van der Waals surface area contributed by atoms with Gasteiger partial charge in [0.05, 0.1) is 15.6 Å². The van der Waals surface area contributed by atoms with Gasteiger partial charge < -0.3 is 10.1 Å². The van der Waals surface area contributed by atoms with Crippen LogP contribution in [0.4, 0.5) is 5.69 Å². The van der Waals surface area contributed by atoms with Gasteiger partial charge in [-0.3, -0.25) is 9.59 Å². The lowest BCUT2D eigenvalue weighted by molar-refractivity contribution is 0.101. The van der Waals surface area contributed by atoms with Crippen molar-refractivity contribution in [2.24, 2.45) is 0 Å². The highest BCUT2D eigenvalue weighted by Gasteiger charge is 2.14. The lowest BCUT2D eigenvalue weighted by Gasteiger charge is -2.12. The zero-order valence-electron chi connectivity index (χ0n) is 13.6. The maximum atomic E-state index is 12.5. The van der Waals surface area contributed by atoms with E-state index >= 15 is 0 Å². The highest BCUT2D eigenvalue weighted by molar-refractivity contribution is 9.11. The molecular formula is C18H17Br2NO3. The third-order valence-corrected chi connectivity index (χ3v) is 4.59. The van der Waals surface area contributed by atoms with Crippen molar-refractivity contribution >= 4 is 49.2 Å². The van der Waals surface area contributed by atoms with E-state index in [1.807, 2.05) is 13.8 Å².